The van der Waals surface area contributed by atoms with Gasteiger partial charge in [0, 0.05) is 7.11 Å². The Morgan fingerprint density at radius 1 is 1.69 bits per heavy atom. The van der Waals surface area contributed by atoms with E-state index in [1.54, 1.807) is 0 Å². The number of carbonyl (C=O) groups is 1. The maximum atomic E-state index is 13.4. The van der Waals surface area contributed by atoms with E-state index in [-0.39, 0.29) is 17.3 Å². The van der Waals surface area contributed by atoms with Crippen LogP contribution in [0.25, 0.3) is 0 Å². The molecular formula is C10H11ClFNO3. The van der Waals surface area contributed by atoms with Crippen LogP contribution >= 0.6 is 11.6 Å². The van der Waals surface area contributed by atoms with E-state index in [9.17, 15) is 9.18 Å². The van der Waals surface area contributed by atoms with E-state index >= 15 is 0 Å². The molecule has 1 rings (SSSR count). The first-order valence-corrected chi connectivity index (χ1v) is 4.86. The number of ether oxygens (including phenoxy) is 1. The van der Waals surface area contributed by atoms with Crippen LogP contribution in [0.4, 0.5) is 10.1 Å². The second-order valence-electron chi connectivity index (χ2n) is 3.09. The summed E-state index contributed by atoms with van der Waals surface area (Å²) in [6, 6.07) is 3.30. The third kappa shape index (κ3) is 3.08. The van der Waals surface area contributed by atoms with Crippen molar-refractivity contribution < 1.29 is 19.0 Å². The SMILES string of the molecule is COCC(Nc1cccc(Cl)c1F)C(=O)O. The maximum absolute atomic E-state index is 13.4. The predicted molar refractivity (Wildman–Crippen MR) is 58.3 cm³/mol. The third-order valence-corrected chi connectivity index (χ3v) is 2.20. The van der Waals surface area contributed by atoms with Gasteiger partial charge in [0.1, 0.15) is 6.04 Å². The summed E-state index contributed by atoms with van der Waals surface area (Å²) in [5.41, 5.74) is 0.0388. The molecule has 1 unspecified atom stereocenters. The number of carboxylic acid groups (broad SMARTS) is 1. The number of benzene rings is 1. The number of nitrogens with one attached hydrogen (secondary N) is 1. The number of rotatable bonds is 5. The molecule has 0 aliphatic rings. The minimum atomic E-state index is -1.12. The maximum Gasteiger partial charge on any atom is 0.328 e. The van der Waals surface area contributed by atoms with E-state index in [1.807, 2.05) is 0 Å². The molecule has 1 atom stereocenters. The number of halogens is 2. The summed E-state index contributed by atoms with van der Waals surface area (Å²) in [5, 5.41) is 11.3. The predicted octanol–water partition coefficient (Wildman–Crippen LogP) is 1.99. The number of aliphatic carboxylic acids is 1. The first kappa shape index (κ1) is 12.7. The van der Waals surface area contributed by atoms with Crippen molar-refractivity contribution in [2.24, 2.45) is 0 Å². The van der Waals surface area contributed by atoms with Gasteiger partial charge in [0.05, 0.1) is 17.3 Å². The quantitative estimate of drug-likeness (QED) is 0.836. The second kappa shape index (κ2) is 5.67. The summed E-state index contributed by atoms with van der Waals surface area (Å²) in [4.78, 5) is 10.8. The average molecular weight is 248 g/mol. The second-order valence-corrected chi connectivity index (χ2v) is 3.50. The number of hydrogen-bond acceptors (Lipinski definition) is 3. The monoisotopic (exact) mass is 247 g/mol. The molecule has 4 nitrogen and oxygen atoms in total. The smallest absolute Gasteiger partial charge is 0.328 e. The Morgan fingerprint density at radius 3 is 2.94 bits per heavy atom. The van der Waals surface area contributed by atoms with Crippen LogP contribution in [0.5, 0.6) is 0 Å². The highest BCUT2D eigenvalue weighted by atomic mass is 35.5. The largest absolute Gasteiger partial charge is 0.480 e. The Morgan fingerprint density at radius 2 is 2.38 bits per heavy atom. The Labute approximate surface area is 97.0 Å². The van der Waals surface area contributed by atoms with Crippen LogP contribution in [0.15, 0.2) is 18.2 Å². The van der Waals surface area contributed by atoms with Crippen molar-refractivity contribution in [3.8, 4) is 0 Å². The molecule has 0 fully saturated rings. The zero-order valence-corrected chi connectivity index (χ0v) is 9.29. The topological polar surface area (TPSA) is 58.6 Å². The molecule has 0 radical (unpaired) electrons. The van der Waals surface area contributed by atoms with Gasteiger partial charge in [0.25, 0.3) is 0 Å². The molecule has 0 aromatic heterocycles. The van der Waals surface area contributed by atoms with Gasteiger partial charge < -0.3 is 15.2 Å². The third-order valence-electron chi connectivity index (χ3n) is 1.91. The molecule has 16 heavy (non-hydrogen) atoms. The zero-order chi connectivity index (χ0) is 12.1. The first-order valence-electron chi connectivity index (χ1n) is 4.48. The molecule has 1 aromatic carbocycles. The van der Waals surface area contributed by atoms with Gasteiger partial charge in [0.2, 0.25) is 0 Å². The molecule has 0 saturated carbocycles. The normalized spacial score (nSPS) is 12.2. The molecule has 2 N–H and O–H groups in total. The van der Waals surface area contributed by atoms with Gasteiger partial charge in [-0.1, -0.05) is 17.7 Å². The van der Waals surface area contributed by atoms with E-state index in [0.29, 0.717) is 0 Å². The molecule has 6 heteroatoms. The van der Waals surface area contributed by atoms with Crippen LogP contribution in [0.2, 0.25) is 5.02 Å². The van der Waals surface area contributed by atoms with Crippen molar-refractivity contribution in [2.45, 2.75) is 6.04 Å². The summed E-state index contributed by atoms with van der Waals surface area (Å²) in [6.45, 7) is -0.0682. The molecule has 88 valence electrons. The van der Waals surface area contributed by atoms with Gasteiger partial charge in [-0.05, 0) is 12.1 Å². The molecule has 0 heterocycles. The summed E-state index contributed by atoms with van der Waals surface area (Å²) in [7, 11) is 1.37. The minimum absolute atomic E-state index is 0.0388. The summed E-state index contributed by atoms with van der Waals surface area (Å²) < 4.78 is 18.1. The Bertz CT molecular complexity index is 386. The number of methoxy groups -OCH3 is 1. The lowest BCUT2D eigenvalue weighted by atomic mass is 10.2. The summed E-state index contributed by atoms with van der Waals surface area (Å²) in [5.74, 6) is -1.80. The average Bonchev–Trinajstić information content (AvgIpc) is 2.23. The van der Waals surface area contributed by atoms with Crippen LogP contribution < -0.4 is 5.32 Å². The van der Waals surface area contributed by atoms with Crippen molar-refractivity contribution >= 4 is 23.3 Å². The Kier molecular flexibility index (Phi) is 4.52. The lowest BCUT2D eigenvalue weighted by molar-refractivity contribution is -0.139. The standard InChI is InChI=1S/C10H11ClFNO3/c1-16-5-8(10(14)15)13-7-4-2-3-6(11)9(7)12/h2-4,8,13H,5H2,1H3,(H,14,15). The fourth-order valence-corrected chi connectivity index (χ4v) is 1.32. The van der Waals surface area contributed by atoms with Crippen LogP contribution in [-0.4, -0.2) is 30.8 Å². The highest BCUT2D eigenvalue weighted by molar-refractivity contribution is 6.31. The van der Waals surface area contributed by atoms with Crippen molar-refractivity contribution in [3.05, 3.63) is 29.0 Å². The lowest BCUT2D eigenvalue weighted by Gasteiger charge is -2.15. The van der Waals surface area contributed by atoms with Crippen molar-refractivity contribution in [1.82, 2.24) is 0 Å². The van der Waals surface area contributed by atoms with Gasteiger partial charge >= 0.3 is 5.97 Å². The Hall–Kier alpha value is -1.33. The zero-order valence-electron chi connectivity index (χ0n) is 8.54. The molecule has 0 aliphatic heterocycles. The van der Waals surface area contributed by atoms with Crippen LogP contribution in [0.3, 0.4) is 0 Å². The van der Waals surface area contributed by atoms with Gasteiger partial charge in [-0.2, -0.15) is 0 Å². The van der Waals surface area contributed by atoms with E-state index in [4.69, 9.17) is 21.4 Å². The first-order chi connectivity index (χ1) is 7.56. The Balaban J connectivity index is 2.85. The van der Waals surface area contributed by atoms with Gasteiger partial charge in [-0.3, -0.25) is 0 Å². The van der Waals surface area contributed by atoms with Gasteiger partial charge in [0.15, 0.2) is 5.82 Å². The van der Waals surface area contributed by atoms with E-state index < -0.39 is 17.8 Å². The number of anilines is 1. The molecule has 0 saturated heterocycles. The van der Waals surface area contributed by atoms with E-state index in [0.717, 1.165) is 0 Å². The fourth-order valence-electron chi connectivity index (χ4n) is 1.14. The van der Waals surface area contributed by atoms with Crippen molar-refractivity contribution in [3.63, 3.8) is 0 Å². The summed E-state index contributed by atoms with van der Waals surface area (Å²) in [6.07, 6.45) is 0. The molecular weight excluding hydrogens is 237 g/mol. The molecule has 1 aromatic rings. The van der Waals surface area contributed by atoms with Crippen LogP contribution in [-0.2, 0) is 9.53 Å². The highest BCUT2D eigenvalue weighted by Crippen LogP contribution is 2.22. The number of carboxylic acids is 1. The van der Waals surface area contributed by atoms with Crippen molar-refractivity contribution in [1.29, 1.82) is 0 Å². The van der Waals surface area contributed by atoms with Gasteiger partial charge in [-0.15, -0.1) is 0 Å². The number of hydrogen-bond donors (Lipinski definition) is 2. The summed E-state index contributed by atoms with van der Waals surface area (Å²) >= 11 is 5.56. The minimum Gasteiger partial charge on any atom is -0.480 e. The van der Waals surface area contributed by atoms with Gasteiger partial charge in [-0.25, -0.2) is 9.18 Å². The van der Waals surface area contributed by atoms with Crippen LogP contribution in [0.1, 0.15) is 0 Å². The molecule has 0 spiro atoms. The molecule has 0 aliphatic carbocycles. The molecule has 0 bridgehead atoms. The lowest BCUT2D eigenvalue weighted by Crippen LogP contribution is -2.33. The fraction of sp³-hybridized carbons (Fsp3) is 0.300. The van der Waals surface area contributed by atoms with Crippen LogP contribution in [0, 0.1) is 5.82 Å². The highest BCUT2D eigenvalue weighted by Gasteiger charge is 2.18. The van der Waals surface area contributed by atoms with E-state index in [2.05, 4.69) is 5.32 Å². The van der Waals surface area contributed by atoms with E-state index in [1.165, 1.54) is 25.3 Å². The van der Waals surface area contributed by atoms with Crippen molar-refractivity contribution in [2.75, 3.05) is 19.0 Å². The molecule has 0 amide bonds.